The van der Waals surface area contributed by atoms with E-state index in [2.05, 4.69) is 15.5 Å². The number of anilines is 1. The minimum absolute atomic E-state index is 0.0694. The number of nitrogens with zero attached hydrogens (tertiary/aromatic N) is 1. The van der Waals surface area contributed by atoms with Crippen LogP contribution in [0.5, 0.6) is 0 Å². The van der Waals surface area contributed by atoms with E-state index in [0.29, 0.717) is 0 Å². The highest BCUT2D eigenvalue weighted by Gasteiger charge is 2.14. The standard InChI is InChI=1S/C11H13N3OS/c1-6-4-5-16-10(6)11(15)12-9-7(2)13-14-8(9)3/h4-5H,1-3H3,(H,12,15)(H,13,14). The average molecular weight is 235 g/mol. The summed E-state index contributed by atoms with van der Waals surface area (Å²) in [5, 5.41) is 11.7. The number of carbonyl (C=O) groups is 1. The smallest absolute Gasteiger partial charge is 0.266 e. The molecular formula is C11H13N3OS. The average Bonchev–Trinajstić information content (AvgIpc) is 2.79. The van der Waals surface area contributed by atoms with Crippen molar-refractivity contribution in [3.8, 4) is 0 Å². The molecule has 0 radical (unpaired) electrons. The second-order valence-electron chi connectivity index (χ2n) is 3.70. The van der Waals surface area contributed by atoms with E-state index in [-0.39, 0.29) is 5.91 Å². The predicted octanol–water partition coefficient (Wildman–Crippen LogP) is 2.65. The number of aromatic amines is 1. The molecule has 84 valence electrons. The van der Waals surface area contributed by atoms with Crippen LogP contribution in [0.2, 0.25) is 0 Å². The Morgan fingerprint density at radius 3 is 2.69 bits per heavy atom. The van der Waals surface area contributed by atoms with Gasteiger partial charge >= 0.3 is 0 Å². The van der Waals surface area contributed by atoms with Crippen LogP contribution in [0.1, 0.15) is 26.6 Å². The summed E-state index contributed by atoms with van der Waals surface area (Å²) >= 11 is 1.45. The van der Waals surface area contributed by atoms with Gasteiger partial charge in [-0.05, 0) is 37.8 Å². The molecule has 1 amide bonds. The Balaban J connectivity index is 2.24. The van der Waals surface area contributed by atoms with E-state index < -0.39 is 0 Å². The van der Waals surface area contributed by atoms with Gasteiger partial charge in [-0.1, -0.05) is 0 Å². The number of H-pyrrole nitrogens is 1. The van der Waals surface area contributed by atoms with E-state index in [1.165, 1.54) is 11.3 Å². The van der Waals surface area contributed by atoms with Crippen LogP contribution >= 0.6 is 11.3 Å². The van der Waals surface area contributed by atoms with Crippen LogP contribution < -0.4 is 5.32 Å². The molecule has 0 atom stereocenters. The Bertz CT molecular complexity index is 508. The monoisotopic (exact) mass is 235 g/mol. The number of aryl methyl sites for hydroxylation is 3. The summed E-state index contributed by atoms with van der Waals surface area (Å²) < 4.78 is 0. The molecule has 0 aromatic carbocycles. The maximum absolute atomic E-state index is 12.0. The second kappa shape index (κ2) is 4.09. The Hall–Kier alpha value is -1.62. The minimum atomic E-state index is -0.0694. The Labute approximate surface area is 97.7 Å². The normalized spacial score (nSPS) is 10.4. The molecule has 2 N–H and O–H groups in total. The highest BCUT2D eigenvalue weighted by Crippen LogP contribution is 2.20. The first-order chi connectivity index (χ1) is 7.59. The molecule has 0 unspecified atom stereocenters. The minimum Gasteiger partial charge on any atom is -0.318 e. The maximum atomic E-state index is 12.0. The first-order valence-electron chi connectivity index (χ1n) is 4.96. The molecule has 0 aliphatic heterocycles. The number of thiophene rings is 1. The van der Waals surface area contributed by atoms with Gasteiger partial charge in [0.15, 0.2) is 0 Å². The topological polar surface area (TPSA) is 57.8 Å². The fraction of sp³-hybridized carbons (Fsp3) is 0.273. The predicted molar refractivity (Wildman–Crippen MR) is 65.1 cm³/mol. The molecule has 0 aliphatic carbocycles. The van der Waals surface area contributed by atoms with E-state index in [0.717, 1.165) is 27.5 Å². The Kier molecular flexibility index (Phi) is 2.78. The summed E-state index contributed by atoms with van der Waals surface area (Å²) in [6.07, 6.45) is 0. The third-order valence-electron chi connectivity index (χ3n) is 2.43. The van der Waals surface area contributed by atoms with Crippen LogP contribution in [0.3, 0.4) is 0 Å². The molecule has 2 heterocycles. The quantitative estimate of drug-likeness (QED) is 0.840. The van der Waals surface area contributed by atoms with Gasteiger partial charge in [0.2, 0.25) is 0 Å². The number of rotatable bonds is 2. The van der Waals surface area contributed by atoms with Gasteiger partial charge in [0.1, 0.15) is 0 Å². The van der Waals surface area contributed by atoms with Crippen LogP contribution in [0.15, 0.2) is 11.4 Å². The lowest BCUT2D eigenvalue weighted by molar-refractivity contribution is 0.103. The molecule has 0 fully saturated rings. The van der Waals surface area contributed by atoms with Gasteiger partial charge < -0.3 is 5.32 Å². The van der Waals surface area contributed by atoms with Gasteiger partial charge in [-0.15, -0.1) is 11.3 Å². The third kappa shape index (κ3) is 1.86. The summed E-state index contributed by atoms with van der Waals surface area (Å²) in [5.74, 6) is -0.0694. The van der Waals surface area contributed by atoms with Crippen molar-refractivity contribution in [1.82, 2.24) is 10.2 Å². The lowest BCUT2D eigenvalue weighted by atomic mass is 10.2. The molecule has 16 heavy (non-hydrogen) atoms. The van der Waals surface area contributed by atoms with Crippen molar-refractivity contribution < 1.29 is 4.79 Å². The Morgan fingerprint density at radius 1 is 1.44 bits per heavy atom. The summed E-state index contributed by atoms with van der Waals surface area (Å²) in [6, 6.07) is 1.94. The molecule has 2 aromatic rings. The van der Waals surface area contributed by atoms with Crippen molar-refractivity contribution in [3.05, 3.63) is 33.3 Å². The maximum Gasteiger partial charge on any atom is 0.266 e. The number of carbonyl (C=O) groups excluding carboxylic acids is 1. The molecular weight excluding hydrogens is 222 g/mol. The number of amides is 1. The van der Waals surface area contributed by atoms with Crippen molar-refractivity contribution in [2.24, 2.45) is 0 Å². The first-order valence-corrected chi connectivity index (χ1v) is 5.84. The molecule has 0 saturated heterocycles. The van der Waals surface area contributed by atoms with Crippen molar-refractivity contribution >= 4 is 22.9 Å². The van der Waals surface area contributed by atoms with Crippen molar-refractivity contribution in [2.75, 3.05) is 5.32 Å². The van der Waals surface area contributed by atoms with Gasteiger partial charge in [0.25, 0.3) is 5.91 Å². The largest absolute Gasteiger partial charge is 0.318 e. The van der Waals surface area contributed by atoms with Gasteiger partial charge in [-0.2, -0.15) is 5.10 Å². The molecule has 4 nitrogen and oxygen atoms in total. The lowest BCUT2D eigenvalue weighted by Gasteiger charge is -2.04. The Morgan fingerprint density at radius 2 is 2.19 bits per heavy atom. The fourth-order valence-electron chi connectivity index (χ4n) is 1.51. The highest BCUT2D eigenvalue weighted by atomic mass is 32.1. The lowest BCUT2D eigenvalue weighted by Crippen LogP contribution is -2.12. The van der Waals surface area contributed by atoms with E-state index in [1.807, 2.05) is 32.2 Å². The first kappa shape index (κ1) is 10.9. The third-order valence-corrected chi connectivity index (χ3v) is 3.45. The second-order valence-corrected chi connectivity index (χ2v) is 4.61. The number of hydrogen-bond acceptors (Lipinski definition) is 3. The van der Waals surface area contributed by atoms with Crippen LogP contribution in [0.25, 0.3) is 0 Å². The summed E-state index contributed by atoms with van der Waals surface area (Å²) in [7, 11) is 0. The highest BCUT2D eigenvalue weighted by molar-refractivity contribution is 7.12. The van der Waals surface area contributed by atoms with Crippen LogP contribution in [0.4, 0.5) is 5.69 Å². The molecule has 0 bridgehead atoms. The van der Waals surface area contributed by atoms with Crippen molar-refractivity contribution in [1.29, 1.82) is 0 Å². The van der Waals surface area contributed by atoms with Crippen LogP contribution in [-0.4, -0.2) is 16.1 Å². The summed E-state index contributed by atoms with van der Waals surface area (Å²) in [5.41, 5.74) is 3.46. The molecule has 2 rings (SSSR count). The van der Waals surface area contributed by atoms with Crippen LogP contribution in [-0.2, 0) is 0 Å². The summed E-state index contributed by atoms with van der Waals surface area (Å²) in [6.45, 7) is 5.68. The summed E-state index contributed by atoms with van der Waals surface area (Å²) in [4.78, 5) is 12.7. The van der Waals surface area contributed by atoms with Crippen molar-refractivity contribution in [3.63, 3.8) is 0 Å². The molecule has 0 spiro atoms. The van der Waals surface area contributed by atoms with Gasteiger partial charge in [-0.25, -0.2) is 0 Å². The van der Waals surface area contributed by atoms with Gasteiger partial charge in [0, 0.05) is 0 Å². The molecule has 0 saturated carbocycles. The van der Waals surface area contributed by atoms with E-state index in [9.17, 15) is 4.79 Å². The zero-order chi connectivity index (χ0) is 11.7. The number of nitrogens with one attached hydrogen (secondary N) is 2. The van der Waals surface area contributed by atoms with Crippen molar-refractivity contribution in [2.45, 2.75) is 20.8 Å². The van der Waals surface area contributed by atoms with E-state index >= 15 is 0 Å². The number of hydrogen-bond donors (Lipinski definition) is 2. The zero-order valence-electron chi connectivity index (χ0n) is 9.42. The van der Waals surface area contributed by atoms with Gasteiger partial charge in [0.05, 0.1) is 22.0 Å². The fourth-order valence-corrected chi connectivity index (χ4v) is 2.33. The van der Waals surface area contributed by atoms with Crippen LogP contribution in [0, 0.1) is 20.8 Å². The number of aromatic nitrogens is 2. The molecule has 2 aromatic heterocycles. The SMILES string of the molecule is Cc1ccsc1C(=O)Nc1c(C)n[nH]c1C. The molecule has 5 heteroatoms. The van der Waals surface area contributed by atoms with Gasteiger partial charge in [-0.3, -0.25) is 9.89 Å². The van der Waals surface area contributed by atoms with E-state index in [1.54, 1.807) is 0 Å². The molecule has 0 aliphatic rings. The van der Waals surface area contributed by atoms with E-state index in [4.69, 9.17) is 0 Å². The zero-order valence-corrected chi connectivity index (χ0v) is 10.2.